The Morgan fingerprint density at radius 3 is 1.19 bits per heavy atom. The lowest BCUT2D eigenvalue weighted by Gasteiger charge is -2.35. The number of hydrogen-bond donors (Lipinski definition) is 5. The van der Waals surface area contributed by atoms with E-state index in [9.17, 15) is 62.9 Å². The fraction of sp³-hybridized carbons (Fsp3) is 0.481. The summed E-state index contributed by atoms with van der Waals surface area (Å²) in [6.07, 6.45) is 1.00. The number of rotatable bonds is 23. The van der Waals surface area contributed by atoms with Crippen LogP contribution in [-0.4, -0.2) is 177 Å². The number of halogens is 1. The van der Waals surface area contributed by atoms with Gasteiger partial charge in [0.05, 0.1) is 90.2 Å². The van der Waals surface area contributed by atoms with Crippen molar-refractivity contribution in [1.29, 1.82) is 0 Å². The van der Waals surface area contributed by atoms with Crippen molar-refractivity contribution in [1.82, 2.24) is 45.2 Å². The number of Topliss-reactive ketones (excluding diaryl/α,β-unsaturated/α-hetero) is 3. The van der Waals surface area contributed by atoms with Crippen LogP contribution in [0.3, 0.4) is 0 Å². The van der Waals surface area contributed by atoms with Crippen LogP contribution in [0.4, 0.5) is 4.39 Å². The maximum Gasteiger partial charge on any atom is 0.258 e. The van der Waals surface area contributed by atoms with Gasteiger partial charge in [0.25, 0.3) is 5.91 Å². The summed E-state index contributed by atoms with van der Waals surface area (Å²) < 4.78 is 14.4. The van der Waals surface area contributed by atoms with E-state index in [0.29, 0.717) is 24.8 Å². The van der Waals surface area contributed by atoms with Gasteiger partial charge in [-0.3, -0.25) is 43.2 Å². The van der Waals surface area contributed by atoms with Gasteiger partial charge in [-0.15, -0.1) is 34.0 Å². The maximum atomic E-state index is 14.4. The molecule has 4 aromatic carbocycles. The Hall–Kier alpha value is -8.59. The molecule has 4 aliphatic heterocycles. The molecule has 6 amide bonds. The molecule has 21 nitrogen and oxygen atoms in total. The van der Waals surface area contributed by atoms with Crippen LogP contribution < -0.4 is 10.6 Å². The molecular formula is C81H100FN9O12S3. The molecule has 5 N–H and O–H groups in total. The number of thiazole rings is 3. The van der Waals surface area contributed by atoms with Crippen LogP contribution in [0.15, 0.2) is 108 Å². The zero-order chi connectivity index (χ0) is 77.2. The highest BCUT2D eigenvalue weighted by Gasteiger charge is 2.48. The molecule has 566 valence electrons. The number of amides is 6. The van der Waals surface area contributed by atoms with Crippen LogP contribution in [0.1, 0.15) is 164 Å². The second-order valence-electron chi connectivity index (χ2n) is 30.6. The molecule has 0 aliphatic carbocycles. The quantitative estimate of drug-likeness (QED) is 0.0398. The van der Waals surface area contributed by atoms with E-state index in [1.54, 1.807) is 53.1 Å². The van der Waals surface area contributed by atoms with Gasteiger partial charge in [0.15, 0.2) is 17.3 Å². The average Bonchev–Trinajstić information content (AvgIpc) is 1.59. The fourth-order valence-electron chi connectivity index (χ4n) is 14.2. The number of benzene rings is 4. The summed E-state index contributed by atoms with van der Waals surface area (Å²) in [5.74, 6) is -3.18. The highest BCUT2D eigenvalue weighted by atomic mass is 32.1. The Labute approximate surface area is 632 Å². The molecule has 0 unspecified atom stereocenters. The van der Waals surface area contributed by atoms with Gasteiger partial charge in [-0.25, -0.2) is 19.3 Å². The summed E-state index contributed by atoms with van der Waals surface area (Å²) in [5, 5.41) is 36.5. The molecule has 9 atom stereocenters. The van der Waals surface area contributed by atoms with Crippen LogP contribution in [0.2, 0.25) is 0 Å². The molecule has 7 aromatic rings. The molecule has 0 spiro atoms. The first-order chi connectivity index (χ1) is 50.1. The summed E-state index contributed by atoms with van der Waals surface area (Å²) in [6.45, 7) is 24.3. The molecule has 11 rings (SSSR count). The average molecular weight is 1510 g/mol. The Kier molecular flexibility index (Phi) is 27.2. The number of fused-ring (bicyclic) bond motifs is 1. The lowest BCUT2D eigenvalue weighted by atomic mass is 9.85. The third-order valence-electron chi connectivity index (χ3n) is 20.0. The van der Waals surface area contributed by atoms with E-state index < -0.39 is 77.1 Å². The predicted molar refractivity (Wildman–Crippen MR) is 409 cm³/mol. The SMILES string of the molecule is CC(=O)N[C@H](C(=O)N1C[C@H](O)C[C@H]1C(=O)CCc1ccc(-c2scnc2C)cc1)C(C)(C)C.CCC(=O)N[C@H](C(=O)N1C[C@H](O)C[C@H]1C(=O)CCc1ccc(-c2scnc2C)cc1)C(C)(C)C.Cc1ncsc1-c1ccc(CCC(=O)[C@@H]2C[C@@H](O)CN2C(=O)[C@H](C(C)C)N2Cc3cccc(F)c3C2=O)cc1. The molecule has 3 saturated heterocycles. The highest BCUT2D eigenvalue weighted by Crippen LogP contribution is 2.36. The lowest BCUT2D eigenvalue weighted by molar-refractivity contribution is -0.143. The Morgan fingerprint density at radius 1 is 0.538 bits per heavy atom. The van der Waals surface area contributed by atoms with E-state index in [4.69, 9.17) is 0 Å². The first-order valence-electron chi connectivity index (χ1n) is 36.3. The van der Waals surface area contributed by atoms with Crippen molar-refractivity contribution in [3.8, 4) is 31.3 Å². The molecule has 4 aliphatic rings. The lowest BCUT2D eigenvalue weighted by Crippen LogP contribution is -2.56. The van der Waals surface area contributed by atoms with E-state index in [-0.39, 0.29) is 129 Å². The van der Waals surface area contributed by atoms with Gasteiger partial charge in [0, 0.05) is 78.0 Å². The minimum Gasteiger partial charge on any atom is -0.391 e. The van der Waals surface area contributed by atoms with E-state index in [1.807, 2.05) is 165 Å². The second kappa shape index (κ2) is 35.4. The number of aromatic nitrogens is 3. The van der Waals surface area contributed by atoms with Gasteiger partial charge in [0.2, 0.25) is 29.5 Å². The number of carbonyl (C=O) groups is 9. The van der Waals surface area contributed by atoms with Gasteiger partial charge in [-0.1, -0.05) is 147 Å². The van der Waals surface area contributed by atoms with Crippen LogP contribution in [0, 0.1) is 43.3 Å². The van der Waals surface area contributed by atoms with Crippen LogP contribution in [-0.2, 0) is 64.2 Å². The minimum atomic E-state index is -0.868. The molecule has 7 heterocycles. The van der Waals surface area contributed by atoms with Crippen molar-refractivity contribution in [3.63, 3.8) is 0 Å². The van der Waals surface area contributed by atoms with Gasteiger partial charge in [-0.05, 0) is 102 Å². The van der Waals surface area contributed by atoms with E-state index in [0.717, 1.165) is 65.1 Å². The number of aryl methyl sites for hydroxylation is 6. The van der Waals surface area contributed by atoms with Gasteiger partial charge < -0.3 is 45.6 Å². The third-order valence-corrected chi connectivity index (χ3v) is 22.9. The number of nitrogens with one attached hydrogen (secondary N) is 2. The van der Waals surface area contributed by atoms with Gasteiger partial charge in [-0.2, -0.15) is 0 Å². The monoisotopic (exact) mass is 1510 g/mol. The maximum absolute atomic E-state index is 14.4. The third kappa shape index (κ3) is 20.0. The predicted octanol–water partition coefficient (Wildman–Crippen LogP) is 11.1. The summed E-state index contributed by atoms with van der Waals surface area (Å²) in [4.78, 5) is 139. The molecule has 0 saturated carbocycles. The first kappa shape index (κ1) is 81.5. The zero-order valence-electron chi connectivity index (χ0n) is 62.8. The van der Waals surface area contributed by atoms with Crippen LogP contribution in [0.25, 0.3) is 31.3 Å². The smallest absolute Gasteiger partial charge is 0.258 e. The minimum absolute atomic E-state index is 0.00144. The van der Waals surface area contributed by atoms with Crippen LogP contribution in [0.5, 0.6) is 0 Å². The number of ketones is 3. The van der Waals surface area contributed by atoms with Crippen LogP contribution >= 0.6 is 34.0 Å². The summed E-state index contributed by atoms with van der Waals surface area (Å²) >= 11 is 4.79. The number of nitrogens with zero attached hydrogens (tertiary/aromatic N) is 7. The normalized spacial score (nSPS) is 19.4. The molecule has 0 radical (unpaired) electrons. The summed E-state index contributed by atoms with van der Waals surface area (Å²) in [6, 6.07) is 24.2. The largest absolute Gasteiger partial charge is 0.391 e. The van der Waals surface area contributed by atoms with Crippen molar-refractivity contribution in [2.45, 2.75) is 215 Å². The number of hydrogen-bond acceptors (Lipinski definition) is 18. The number of aliphatic hydroxyl groups excluding tert-OH is 3. The molecule has 3 fully saturated rings. The molecule has 106 heavy (non-hydrogen) atoms. The molecule has 0 bridgehead atoms. The van der Waals surface area contributed by atoms with Crippen molar-refractivity contribution in [3.05, 3.63) is 158 Å². The zero-order valence-corrected chi connectivity index (χ0v) is 65.3. The molecule has 25 heteroatoms. The number of likely N-dealkylation sites (tertiary alicyclic amines) is 3. The topological polar surface area (TPSA) is 290 Å². The van der Waals surface area contributed by atoms with Crippen molar-refractivity contribution >= 4 is 86.8 Å². The van der Waals surface area contributed by atoms with Crippen molar-refractivity contribution < 1.29 is 62.9 Å². The van der Waals surface area contributed by atoms with Gasteiger partial charge in [0.1, 0.15) is 23.9 Å². The Balaban J connectivity index is 0.000000185. The van der Waals surface area contributed by atoms with Crippen molar-refractivity contribution in [2.75, 3.05) is 19.6 Å². The highest BCUT2D eigenvalue weighted by molar-refractivity contribution is 7.14. The second-order valence-corrected chi connectivity index (χ2v) is 33.2. The number of carbonyl (C=O) groups excluding carboxylic acids is 9. The summed E-state index contributed by atoms with van der Waals surface area (Å²) in [7, 11) is 0. The Bertz CT molecular complexity index is 4290. The standard InChI is InChI=1S/C30H32FN3O4S.C26H35N3O4S.C25H33N3O4S/c1-17(2)27(34-14-21-5-4-6-23(31)26(21)29(34)37)30(38)33-15-22(35)13-24(33)25(36)12-9-19-7-10-20(11-8-19)28-18(3)32-16-39-28;1-6-22(32)28-24(26(3,4)5)25(33)29-14-19(30)13-20(29)21(31)12-9-17-7-10-18(11-8-17)23-16(2)27-15-34-23;1-15-22(33-14-26-15)18-9-6-17(7-10-18)8-11-21(31)20-12-19(30)13-28(20)24(32)23(25(3,4)5)27-16(2)29/h4-8,10-11,16-17,22,24,27,35H,9,12-15H2,1-3H3;7-8,10-11,15,19-20,24,30H,6,9,12-14H2,1-5H3,(H,28,32);6-7,9-10,14,19-20,23,30H,8,11-13H2,1-5H3,(H,27,29)/t22-,24+,27+;19-,20+,24-;19-,20+,23-/m111/s1. The first-order valence-corrected chi connectivity index (χ1v) is 38.9. The Morgan fingerprint density at radius 2 is 0.887 bits per heavy atom. The molecule has 3 aromatic heterocycles. The van der Waals surface area contributed by atoms with Crippen molar-refractivity contribution in [2.24, 2.45) is 16.7 Å². The van der Waals surface area contributed by atoms with E-state index in [1.165, 1.54) is 32.6 Å². The molecular weight excluding hydrogens is 1410 g/mol. The summed E-state index contributed by atoms with van der Waals surface area (Å²) in [5.41, 5.74) is 14.3. The van der Waals surface area contributed by atoms with Gasteiger partial charge >= 0.3 is 0 Å². The number of β-amino-alcohol motifs (C(OH)–C–C–N with tert-alkyl or cyclic N) is 3. The number of aliphatic hydroxyl groups is 3. The fourth-order valence-corrected chi connectivity index (χ4v) is 16.6. The van der Waals surface area contributed by atoms with E-state index >= 15 is 0 Å². The van der Waals surface area contributed by atoms with E-state index in [2.05, 4.69) is 25.6 Å².